The summed E-state index contributed by atoms with van der Waals surface area (Å²) in [4.78, 5) is 35.7. The molecule has 1 fully saturated rings. The lowest BCUT2D eigenvalue weighted by Crippen LogP contribution is -2.27. The Morgan fingerprint density at radius 1 is 1.32 bits per heavy atom. The first kappa shape index (κ1) is 19.5. The van der Waals surface area contributed by atoms with E-state index in [1.807, 2.05) is 0 Å². The third-order valence-electron chi connectivity index (χ3n) is 3.45. The van der Waals surface area contributed by atoms with Crippen LogP contribution < -0.4 is 10.6 Å². The van der Waals surface area contributed by atoms with E-state index in [-0.39, 0.29) is 23.8 Å². The zero-order valence-corrected chi connectivity index (χ0v) is 15.9. The summed E-state index contributed by atoms with van der Waals surface area (Å²) in [6.45, 7) is 2.49. The van der Waals surface area contributed by atoms with Crippen molar-refractivity contribution in [3.63, 3.8) is 0 Å². The molecule has 1 aromatic carbocycles. The van der Waals surface area contributed by atoms with Crippen molar-refractivity contribution in [1.82, 2.24) is 5.32 Å². The average Bonchev–Trinajstić information content (AvgIpc) is 3.37. The van der Waals surface area contributed by atoms with Gasteiger partial charge in [0.15, 0.2) is 0 Å². The fourth-order valence-electron chi connectivity index (χ4n) is 2.03. The summed E-state index contributed by atoms with van der Waals surface area (Å²) in [6.07, 6.45) is 4.30. The van der Waals surface area contributed by atoms with Gasteiger partial charge < -0.3 is 15.4 Å². The topological polar surface area (TPSA) is 84.5 Å². The van der Waals surface area contributed by atoms with E-state index in [1.54, 1.807) is 13.0 Å². The molecule has 1 saturated carbocycles. The Labute approximate surface area is 159 Å². The number of esters is 1. The number of amides is 2. The maximum absolute atomic E-state index is 12.4. The van der Waals surface area contributed by atoms with Gasteiger partial charge in [-0.1, -0.05) is 11.6 Å². The maximum atomic E-state index is 12.4. The number of nitrogens with one attached hydrogen (secondary N) is 2. The fraction of sp³-hybridized carbons (Fsp3) is 0.353. The van der Waals surface area contributed by atoms with E-state index in [9.17, 15) is 14.4 Å². The largest absolute Gasteiger partial charge is 0.463 e. The first-order valence-electron chi connectivity index (χ1n) is 7.83. The van der Waals surface area contributed by atoms with E-state index in [0.29, 0.717) is 22.0 Å². The molecule has 1 aliphatic carbocycles. The normalized spacial score (nSPS) is 13.6. The number of ether oxygens (including phenoxy) is 1. The Balaban J connectivity index is 2.13. The van der Waals surface area contributed by atoms with Crippen molar-refractivity contribution in [2.75, 3.05) is 18.5 Å². The minimum atomic E-state index is -0.616. The molecule has 0 unspecified atom stereocenters. The molecule has 134 valence electrons. The molecule has 0 bridgehead atoms. The highest BCUT2D eigenvalue weighted by Crippen LogP contribution is 2.31. The van der Waals surface area contributed by atoms with Gasteiger partial charge in [0.05, 0.1) is 17.9 Å². The molecule has 2 rings (SSSR count). The standard InChI is InChI=1S/C17H18BrClN2O4/c1-2-25-15(23)6-5-14(22)21-16-12(7-11(19)8-13(16)18)17(24)20-9-10-3-4-10/h5-8,10H,2-4,9H2,1H3,(H,20,24)(H,21,22)/b6-5-. The van der Waals surface area contributed by atoms with Crippen molar-refractivity contribution in [2.24, 2.45) is 5.92 Å². The second-order valence-electron chi connectivity index (χ2n) is 5.54. The van der Waals surface area contributed by atoms with E-state index in [1.165, 1.54) is 6.07 Å². The van der Waals surface area contributed by atoms with Gasteiger partial charge in [-0.2, -0.15) is 0 Å². The SMILES string of the molecule is CCOC(=O)/C=C\C(=O)Nc1c(Br)cc(Cl)cc1C(=O)NCC1CC1. The van der Waals surface area contributed by atoms with Crippen LogP contribution >= 0.6 is 27.5 Å². The molecule has 0 aromatic heterocycles. The Kier molecular flexibility index (Phi) is 7.01. The fourth-order valence-corrected chi connectivity index (χ4v) is 2.94. The number of rotatable bonds is 7. The Morgan fingerprint density at radius 3 is 2.68 bits per heavy atom. The van der Waals surface area contributed by atoms with Crippen LogP contribution in [0.25, 0.3) is 0 Å². The molecule has 0 aliphatic heterocycles. The van der Waals surface area contributed by atoms with Crippen molar-refractivity contribution < 1.29 is 19.1 Å². The van der Waals surface area contributed by atoms with E-state index >= 15 is 0 Å². The smallest absolute Gasteiger partial charge is 0.330 e. The summed E-state index contributed by atoms with van der Waals surface area (Å²) >= 11 is 9.31. The lowest BCUT2D eigenvalue weighted by molar-refractivity contribution is -0.137. The van der Waals surface area contributed by atoms with Crippen LogP contribution in [0.3, 0.4) is 0 Å². The average molecular weight is 430 g/mol. The molecule has 25 heavy (non-hydrogen) atoms. The van der Waals surface area contributed by atoms with Gasteiger partial charge >= 0.3 is 5.97 Å². The van der Waals surface area contributed by atoms with Crippen LogP contribution in [0, 0.1) is 5.92 Å². The number of halogens is 2. The summed E-state index contributed by atoms with van der Waals surface area (Å²) in [7, 11) is 0. The van der Waals surface area contributed by atoms with Gasteiger partial charge in [-0.25, -0.2) is 4.79 Å². The molecule has 0 spiro atoms. The van der Waals surface area contributed by atoms with Gasteiger partial charge in [0.1, 0.15) is 0 Å². The molecule has 1 aromatic rings. The predicted octanol–water partition coefficient (Wildman–Crippen LogP) is 3.30. The molecular weight excluding hydrogens is 412 g/mol. The van der Waals surface area contributed by atoms with E-state index in [2.05, 4.69) is 26.6 Å². The highest BCUT2D eigenvalue weighted by atomic mass is 79.9. The van der Waals surface area contributed by atoms with E-state index < -0.39 is 11.9 Å². The number of hydrogen-bond donors (Lipinski definition) is 2. The lowest BCUT2D eigenvalue weighted by Gasteiger charge is -2.13. The molecule has 2 N–H and O–H groups in total. The van der Waals surface area contributed by atoms with Crippen molar-refractivity contribution in [1.29, 1.82) is 0 Å². The molecule has 0 saturated heterocycles. The lowest BCUT2D eigenvalue weighted by atomic mass is 10.1. The number of hydrogen-bond acceptors (Lipinski definition) is 4. The second kappa shape index (κ2) is 9.01. The molecule has 1 aliphatic rings. The summed E-state index contributed by atoms with van der Waals surface area (Å²) in [6, 6.07) is 3.06. The van der Waals surface area contributed by atoms with Crippen LogP contribution in [-0.4, -0.2) is 30.9 Å². The van der Waals surface area contributed by atoms with Crippen LogP contribution in [0.4, 0.5) is 5.69 Å². The molecule has 0 radical (unpaired) electrons. The quantitative estimate of drug-likeness (QED) is 0.514. The Bertz CT molecular complexity index is 717. The first-order chi connectivity index (χ1) is 11.9. The summed E-state index contributed by atoms with van der Waals surface area (Å²) in [5, 5.41) is 5.79. The van der Waals surface area contributed by atoms with Crippen molar-refractivity contribution >= 4 is 51.0 Å². The summed E-state index contributed by atoms with van der Waals surface area (Å²) < 4.78 is 5.17. The third-order valence-corrected chi connectivity index (χ3v) is 4.30. The van der Waals surface area contributed by atoms with Crippen molar-refractivity contribution in [3.8, 4) is 0 Å². The number of benzene rings is 1. The Morgan fingerprint density at radius 2 is 2.04 bits per heavy atom. The van der Waals surface area contributed by atoms with Crippen LogP contribution in [0.5, 0.6) is 0 Å². The minimum absolute atomic E-state index is 0.221. The highest BCUT2D eigenvalue weighted by molar-refractivity contribution is 9.10. The number of carbonyl (C=O) groups excluding carboxylic acids is 3. The van der Waals surface area contributed by atoms with Gasteiger partial charge in [-0.3, -0.25) is 9.59 Å². The molecular formula is C17H18BrClN2O4. The van der Waals surface area contributed by atoms with E-state index in [4.69, 9.17) is 16.3 Å². The predicted molar refractivity (Wildman–Crippen MR) is 98.6 cm³/mol. The third kappa shape index (κ3) is 6.17. The number of anilines is 1. The van der Waals surface area contributed by atoms with Crippen molar-refractivity contribution in [2.45, 2.75) is 19.8 Å². The monoisotopic (exact) mass is 428 g/mol. The Hall–Kier alpha value is -1.86. The van der Waals surface area contributed by atoms with Crippen LogP contribution in [0.15, 0.2) is 28.8 Å². The van der Waals surface area contributed by atoms with Crippen LogP contribution in [0.1, 0.15) is 30.1 Å². The summed E-state index contributed by atoms with van der Waals surface area (Å²) in [5.41, 5.74) is 0.536. The molecule has 0 heterocycles. The van der Waals surface area contributed by atoms with Crippen LogP contribution in [0.2, 0.25) is 5.02 Å². The van der Waals surface area contributed by atoms with Gasteiger partial charge in [0, 0.05) is 28.2 Å². The zero-order chi connectivity index (χ0) is 18.4. The molecule has 0 atom stereocenters. The maximum Gasteiger partial charge on any atom is 0.330 e. The zero-order valence-electron chi connectivity index (χ0n) is 13.6. The van der Waals surface area contributed by atoms with Gasteiger partial charge in [-0.15, -0.1) is 0 Å². The minimum Gasteiger partial charge on any atom is -0.463 e. The van der Waals surface area contributed by atoms with Gasteiger partial charge in [0.25, 0.3) is 5.91 Å². The van der Waals surface area contributed by atoms with Gasteiger partial charge in [-0.05, 0) is 53.7 Å². The van der Waals surface area contributed by atoms with E-state index in [0.717, 1.165) is 25.0 Å². The van der Waals surface area contributed by atoms with Crippen molar-refractivity contribution in [3.05, 3.63) is 39.3 Å². The molecule has 8 heteroatoms. The number of carbonyl (C=O) groups is 3. The van der Waals surface area contributed by atoms with Crippen LogP contribution in [-0.2, 0) is 14.3 Å². The summed E-state index contributed by atoms with van der Waals surface area (Å²) in [5.74, 6) is -0.973. The first-order valence-corrected chi connectivity index (χ1v) is 9.00. The van der Waals surface area contributed by atoms with Gasteiger partial charge in [0.2, 0.25) is 5.91 Å². The molecule has 2 amide bonds. The highest BCUT2D eigenvalue weighted by Gasteiger charge is 2.23. The second-order valence-corrected chi connectivity index (χ2v) is 6.83. The molecule has 6 nitrogen and oxygen atoms in total.